The second-order valence-electron chi connectivity index (χ2n) is 9.47. The largest absolute Gasteiger partial charge is 0.416 e. The summed E-state index contributed by atoms with van der Waals surface area (Å²) in [7, 11) is 0. The summed E-state index contributed by atoms with van der Waals surface area (Å²) >= 11 is 0. The number of rotatable bonds is 6. The molecule has 3 heterocycles. The first-order chi connectivity index (χ1) is 16.3. The maximum absolute atomic E-state index is 13.3. The molecule has 0 aromatic heterocycles. The number of hydrogen-bond acceptors (Lipinski definition) is 5. The molecule has 10 heteroatoms. The van der Waals surface area contributed by atoms with Gasteiger partial charge >= 0.3 is 6.18 Å². The van der Waals surface area contributed by atoms with Crippen LogP contribution >= 0.6 is 0 Å². The lowest BCUT2D eigenvalue weighted by Crippen LogP contribution is -2.51. The van der Waals surface area contributed by atoms with Crippen LogP contribution in [0.2, 0.25) is 0 Å². The molecule has 0 spiro atoms. The number of nitrogens with zero attached hydrogens (tertiary/aromatic N) is 4. The maximum Gasteiger partial charge on any atom is 0.416 e. The van der Waals surface area contributed by atoms with E-state index in [0.29, 0.717) is 38.4 Å². The van der Waals surface area contributed by atoms with Crippen LogP contribution in [0.15, 0.2) is 18.2 Å². The Morgan fingerprint density at radius 3 is 2.00 bits per heavy atom. The first-order valence-corrected chi connectivity index (χ1v) is 12.3. The fraction of sp³-hybridized carbons (Fsp3) is 0.667. The van der Waals surface area contributed by atoms with Gasteiger partial charge in [-0.1, -0.05) is 0 Å². The van der Waals surface area contributed by atoms with E-state index in [9.17, 15) is 22.8 Å². The molecule has 0 saturated carbocycles. The highest BCUT2D eigenvalue weighted by Gasteiger charge is 2.32. The third kappa shape index (κ3) is 6.41. The minimum absolute atomic E-state index is 0.115. The number of halogens is 3. The Labute approximate surface area is 198 Å². The average Bonchev–Trinajstić information content (AvgIpc) is 3.35. The fourth-order valence-electron chi connectivity index (χ4n) is 4.98. The maximum atomic E-state index is 13.3. The number of piperidine rings is 1. The molecule has 34 heavy (non-hydrogen) atoms. The van der Waals surface area contributed by atoms with Gasteiger partial charge in [0.1, 0.15) is 0 Å². The highest BCUT2D eigenvalue weighted by molar-refractivity contribution is 5.96. The van der Waals surface area contributed by atoms with Crippen molar-refractivity contribution in [3.8, 4) is 0 Å². The van der Waals surface area contributed by atoms with Gasteiger partial charge in [0.2, 0.25) is 11.8 Å². The van der Waals surface area contributed by atoms with Crippen LogP contribution in [0, 0.1) is 0 Å². The Morgan fingerprint density at radius 2 is 1.38 bits per heavy atom. The van der Waals surface area contributed by atoms with Gasteiger partial charge in [0.15, 0.2) is 0 Å². The first-order valence-electron chi connectivity index (χ1n) is 12.3. The number of amides is 2. The number of nitrogens with one attached hydrogen (secondary N) is 1. The number of carbonyl (C=O) groups is 2. The molecule has 0 bridgehead atoms. The molecular formula is C24H34F3N5O2. The van der Waals surface area contributed by atoms with E-state index in [0.717, 1.165) is 70.4 Å². The van der Waals surface area contributed by atoms with Crippen LogP contribution in [0.4, 0.5) is 24.5 Å². The van der Waals surface area contributed by atoms with Gasteiger partial charge in [-0.25, -0.2) is 0 Å². The van der Waals surface area contributed by atoms with Gasteiger partial charge in [0.05, 0.1) is 30.0 Å². The summed E-state index contributed by atoms with van der Waals surface area (Å²) in [5.74, 6) is -0.155. The van der Waals surface area contributed by atoms with E-state index in [2.05, 4.69) is 15.1 Å². The van der Waals surface area contributed by atoms with E-state index in [1.807, 2.05) is 9.80 Å². The van der Waals surface area contributed by atoms with E-state index in [1.165, 1.54) is 6.07 Å². The highest BCUT2D eigenvalue weighted by Crippen LogP contribution is 2.36. The van der Waals surface area contributed by atoms with Gasteiger partial charge in [0.25, 0.3) is 0 Å². The Hall–Kier alpha value is -2.33. The molecule has 7 nitrogen and oxygen atoms in total. The lowest BCUT2D eigenvalue weighted by atomic mass is 10.1. The van der Waals surface area contributed by atoms with E-state index in [-0.39, 0.29) is 24.0 Å². The third-order valence-electron chi connectivity index (χ3n) is 6.94. The van der Waals surface area contributed by atoms with Gasteiger partial charge in [-0.2, -0.15) is 13.2 Å². The normalized spacial score (nSPS) is 20.6. The Bertz CT molecular complexity index is 859. The van der Waals surface area contributed by atoms with Crippen molar-refractivity contribution in [3.63, 3.8) is 0 Å². The fourth-order valence-corrected chi connectivity index (χ4v) is 4.98. The number of piperazine rings is 1. The molecule has 3 aliphatic heterocycles. The van der Waals surface area contributed by atoms with Crippen molar-refractivity contribution < 1.29 is 22.8 Å². The summed E-state index contributed by atoms with van der Waals surface area (Å²) in [6, 6.07) is 3.60. The van der Waals surface area contributed by atoms with Crippen LogP contribution < -0.4 is 10.2 Å². The molecular weight excluding hydrogens is 447 g/mol. The third-order valence-corrected chi connectivity index (χ3v) is 6.94. The Kier molecular flexibility index (Phi) is 7.98. The molecule has 4 rings (SSSR count). The molecule has 1 N–H and O–H groups in total. The van der Waals surface area contributed by atoms with E-state index < -0.39 is 11.7 Å². The summed E-state index contributed by atoms with van der Waals surface area (Å²) in [6.45, 7) is 6.41. The van der Waals surface area contributed by atoms with Gasteiger partial charge in [-0.05, 0) is 50.3 Å². The minimum atomic E-state index is -4.47. The van der Waals surface area contributed by atoms with Crippen LogP contribution in [0.5, 0.6) is 0 Å². The predicted octanol–water partition coefficient (Wildman–Crippen LogP) is 2.87. The number of anilines is 2. The summed E-state index contributed by atoms with van der Waals surface area (Å²) in [5.41, 5.74) is 0.0997. The molecule has 0 aliphatic carbocycles. The topological polar surface area (TPSA) is 59.1 Å². The molecule has 1 aromatic carbocycles. The predicted molar refractivity (Wildman–Crippen MR) is 125 cm³/mol. The molecule has 3 fully saturated rings. The number of alkyl halides is 3. The number of hydrogen-bond donors (Lipinski definition) is 1. The number of carbonyl (C=O) groups excluding carboxylic acids is 2. The minimum Gasteiger partial charge on any atom is -0.370 e. The zero-order valence-electron chi connectivity index (χ0n) is 19.6. The highest BCUT2D eigenvalue weighted by atomic mass is 19.4. The van der Waals surface area contributed by atoms with Crippen LogP contribution in [-0.2, 0) is 15.8 Å². The lowest BCUT2D eigenvalue weighted by Gasteiger charge is -2.35. The average molecular weight is 482 g/mol. The molecule has 0 unspecified atom stereocenters. The van der Waals surface area contributed by atoms with Crippen LogP contribution in [0.25, 0.3) is 0 Å². The zero-order valence-corrected chi connectivity index (χ0v) is 19.6. The van der Waals surface area contributed by atoms with Crippen LogP contribution in [0.3, 0.4) is 0 Å². The Balaban J connectivity index is 1.32. The van der Waals surface area contributed by atoms with Gasteiger partial charge in [-0.15, -0.1) is 0 Å². The molecule has 0 atom stereocenters. The molecule has 3 aliphatic rings. The summed E-state index contributed by atoms with van der Waals surface area (Å²) in [5, 5.41) is 2.75. The second-order valence-corrected chi connectivity index (χ2v) is 9.47. The van der Waals surface area contributed by atoms with Crippen molar-refractivity contribution in [1.29, 1.82) is 0 Å². The van der Waals surface area contributed by atoms with Crippen molar-refractivity contribution in [2.45, 2.75) is 38.3 Å². The Morgan fingerprint density at radius 1 is 0.794 bits per heavy atom. The van der Waals surface area contributed by atoms with Crippen molar-refractivity contribution in [3.05, 3.63) is 23.8 Å². The van der Waals surface area contributed by atoms with Crippen molar-refractivity contribution >= 4 is 23.2 Å². The van der Waals surface area contributed by atoms with Crippen molar-refractivity contribution in [2.75, 3.05) is 75.7 Å². The lowest BCUT2D eigenvalue weighted by molar-refractivity contribution is -0.137. The standard InChI is InChI=1S/C24H34F3N5O2/c25-24(26,27)19-6-7-21(31-8-2-1-3-9-31)20(16-19)28-22(33)17-29-12-14-30(15-13-29)18-23(34)32-10-4-5-11-32/h6-7,16H,1-5,8-15,17-18H2,(H,28,33). The number of likely N-dealkylation sites (tertiary alicyclic amines) is 1. The molecule has 0 radical (unpaired) electrons. The second kappa shape index (κ2) is 10.9. The molecule has 188 valence electrons. The quantitative estimate of drug-likeness (QED) is 0.677. The van der Waals surface area contributed by atoms with Gasteiger partial charge in [-0.3, -0.25) is 19.4 Å². The molecule has 2 amide bonds. The summed E-state index contributed by atoms with van der Waals surface area (Å²) in [4.78, 5) is 33.2. The van der Waals surface area contributed by atoms with Crippen molar-refractivity contribution in [2.24, 2.45) is 0 Å². The molecule has 3 saturated heterocycles. The van der Waals surface area contributed by atoms with E-state index in [1.54, 1.807) is 0 Å². The van der Waals surface area contributed by atoms with Crippen molar-refractivity contribution in [1.82, 2.24) is 14.7 Å². The van der Waals surface area contributed by atoms with Gasteiger partial charge in [0, 0.05) is 52.4 Å². The van der Waals surface area contributed by atoms with Crippen LogP contribution in [0.1, 0.15) is 37.7 Å². The summed E-state index contributed by atoms with van der Waals surface area (Å²) in [6.07, 6.45) is 0.745. The smallest absolute Gasteiger partial charge is 0.370 e. The van der Waals surface area contributed by atoms with Gasteiger partial charge < -0.3 is 15.1 Å². The zero-order chi connectivity index (χ0) is 24.1. The SMILES string of the molecule is O=C(CN1CCN(CC(=O)N2CCCC2)CC1)Nc1cc(C(F)(F)F)ccc1N1CCCCC1. The van der Waals surface area contributed by atoms with E-state index in [4.69, 9.17) is 0 Å². The molecule has 1 aromatic rings. The van der Waals surface area contributed by atoms with E-state index >= 15 is 0 Å². The first kappa shape index (κ1) is 24.8. The summed E-state index contributed by atoms with van der Waals surface area (Å²) < 4.78 is 39.9. The van der Waals surface area contributed by atoms with Crippen LogP contribution in [-0.4, -0.2) is 92.0 Å². The number of benzene rings is 1. The monoisotopic (exact) mass is 481 g/mol.